The van der Waals surface area contributed by atoms with Crippen LogP contribution in [0.15, 0.2) is 48.0 Å². The van der Waals surface area contributed by atoms with Gasteiger partial charge >= 0.3 is 0 Å². The fourth-order valence-corrected chi connectivity index (χ4v) is 2.22. The van der Waals surface area contributed by atoms with E-state index in [1.807, 2.05) is 30.5 Å². The molecule has 0 fully saturated rings. The number of nitrogens with one attached hydrogen (secondary N) is 2. The smallest absolute Gasteiger partial charge is 0.153 e. The van der Waals surface area contributed by atoms with Gasteiger partial charge in [0, 0.05) is 24.2 Å². The Hall–Kier alpha value is -2.49. The maximum Gasteiger partial charge on any atom is 0.153 e. The summed E-state index contributed by atoms with van der Waals surface area (Å²) in [6.07, 6.45) is 10.2. The van der Waals surface area contributed by atoms with Crippen molar-refractivity contribution in [2.45, 2.75) is 26.2 Å². The Morgan fingerprint density at radius 2 is 2.33 bits per heavy atom. The number of nitrogens with zero attached hydrogens (tertiary/aromatic N) is 1. The van der Waals surface area contributed by atoms with E-state index in [1.165, 1.54) is 0 Å². The highest BCUT2D eigenvalue weighted by Crippen LogP contribution is 2.28. The first-order chi connectivity index (χ1) is 10.2. The minimum atomic E-state index is 0.325. The summed E-state index contributed by atoms with van der Waals surface area (Å²) in [7, 11) is 0. The molecule has 1 aliphatic heterocycles. The Labute approximate surface area is 124 Å². The lowest BCUT2D eigenvalue weighted by atomic mass is 9.93. The Kier molecular flexibility index (Phi) is 4.82. The minimum Gasteiger partial charge on any atom is -0.361 e. The first kappa shape index (κ1) is 14.9. The monoisotopic (exact) mass is 281 g/mol. The van der Waals surface area contributed by atoms with Crippen LogP contribution < -0.4 is 5.32 Å². The summed E-state index contributed by atoms with van der Waals surface area (Å²) >= 11 is 0. The maximum atomic E-state index is 11.0. The molecule has 2 N–H and O–H groups in total. The summed E-state index contributed by atoms with van der Waals surface area (Å²) in [5.74, 6) is 0.367. The number of rotatable bonds is 5. The van der Waals surface area contributed by atoms with Crippen molar-refractivity contribution < 1.29 is 4.79 Å². The Morgan fingerprint density at radius 3 is 3.00 bits per heavy atom. The van der Waals surface area contributed by atoms with Gasteiger partial charge in [-0.1, -0.05) is 19.9 Å². The molecule has 21 heavy (non-hydrogen) atoms. The molecule has 4 nitrogen and oxygen atoms in total. The van der Waals surface area contributed by atoms with E-state index >= 15 is 0 Å². The molecule has 0 saturated carbocycles. The molecule has 108 valence electrons. The zero-order chi connectivity index (χ0) is 15.2. The van der Waals surface area contributed by atoms with Gasteiger partial charge in [0.2, 0.25) is 0 Å². The van der Waals surface area contributed by atoms with Gasteiger partial charge in [-0.25, -0.2) is 0 Å². The Bertz CT molecular complexity index is 631. The van der Waals surface area contributed by atoms with Crippen molar-refractivity contribution in [2.75, 3.05) is 0 Å². The lowest BCUT2D eigenvalue weighted by Gasteiger charge is -2.17. The lowest BCUT2D eigenvalue weighted by Crippen LogP contribution is -2.12. The van der Waals surface area contributed by atoms with E-state index in [-0.39, 0.29) is 0 Å². The molecule has 2 heterocycles. The first-order valence-electron chi connectivity index (χ1n) is 7.01. The second-order valence-electron chi connectivity index (χ2n) is 4.95. The minimum absolute atomic E-state index is 0.325. The van der Waals surface area contributed by atoms with E-state index in [0.29, 0.717) is 23.5 Å². The Morgan fingerprint density at radius 1 is 1.52 bits per heavy atom. The van der Waals surface area contributed by atoms with Crippen LogP contribution >= 0.6 is 0 Å². The highest BCUT2D eigenvalue weighted by Gasteiger charge is 2.14. The molecule has 1 unspecified atom stereocenters. The van der Waals surface area contributed by atoms with Gasteiger partial charge in [-0.05, 0) is 36.1 Å². The second-order valence-corrected chi connectivity index (χ2v) is 4.95. The van der Waals surface area contributed by atoms with Crippen molar-refractivity contribution in [2.24, 2.45) is 0 Å². The average molecular weight is 281 g/mol. The van der Waals surface area contributed by atoms with Crippen LogP contribution in [0.25, 0.3) is 5.57 Å². The van der Waals surface area contributed by atoms with Gasteiger partial charge in [0.15, 0.2) is 6.29 Å². The number of carbonyl (C=O) groups is 1. The molecule has 1 aromatic heterocycles. The van der Waals surface area contributed by atoms with E-state index in [1.54, 1.807) is 6.20 Å². The number of carbonyl (C=O) groups excluding carboxylic acids is 1. The van der Waals surface area contributed by atoms with E-state index in [0.717, 1.165) is 29.5 Å². The standard InChI is InChI=1S/C17H19N3O/c1-3-12(2)17-15(5-4-7-20-17)13-6-8-19-16(9-13)14(10-18)11-21/h4-12,18-19H,3H2,1-2H3/b16-14+,18-10?. The number of pyridine rings is 1. The van der Waals surface area contributed by atoms with Crippen LogP contribution in [0.4, 0.5) is 0 Å². The summed E-state index contributed by atoms with van der Waals surface area (Å²) in [5.41, 5.74) is 4.08. The molecule has 0 spiro atoms. The topological polar surface area (TPSA) is 65.8 Å². The van der Waals surface area contributed by atoms with Crippen LogP contribution in [-0.2, 0) is 4.79 Å². The number of hydrogen-bond donors (Lipinski definition) is 2. The van der Waals surface area contributed by atoms with Crippen molar-refractivity contribution in [1.29, 1.82) is 5.41 Å². The molecule has 0 bridgehead atoms. The zero-order valence-corrected chi connectivity index (χ0v) is 12.3. The Balaban J connectivity index is 2.52. The van der Waals surface area contributed by atoms with Crippen molar-refractivity contribution in [3.8, 4) is 0 Å². The van der Waals surface area contributed by atoms with Crippen molar-refractivity contribution >= 4 is 18.1 Å². The van der Waals surface area contributed by atoms with Crippen molar-refractivity contribution in [3.05, 3.63) is 59.2 Å². The van der Waals surface area contributed by atoms with Gasteiger partial charge in [0.05, 0.1) is 17.0 Å². The normalized spacial score (nSPS) is 17.5. The van der Waals surface area contributed by atoms with Gasteiger partial charge in [-0.15, -0.1) is 0 Å². The van der Waals surface area contributed by atoms with Crippen LogP contribution in [-0.4, -0.2) is 17.5 Å². The predicted molar refractivity (Wildman–Crippen MR) is 85.1 cm³/mol. The van der Waals surface area contributed by atoms with E-state index in [4.69, 9.17) is 5.41 Å². The maximum absolute atomic E-state index is 11.0. The van der Waals surface area contributed by atoms with Gasteiger partial charge in [0.1, 0.15) is 0 Å². The van der Waals surface area contributed by atoms with Gasteiger partial charge in [0.25, 0.3) is 0 Å². The summed E-state index contributed by atoms with van der Waals surface area (Å²) in [5, 5.41) is 10.3. The third kappa shape index (κ3) is 3.16. The fourth-order valence-electron chi connectivity index (χ4n) is 2.22. The number of hydrogen-bond acceptors (Lipinski definition) is 4. The van der Waals surface area contributed by atoms with Crippen LogP contribution in [0, 0.1) is 5.41 Å². The predicted octanol–water partition coefficient (Wildman–Crippen LogP) is 3.20. The summed E-state index contributed by atoms with van der Waals surface area (Å²) in [6, 6.07) is 3.96. The molecule has 4 heteroatoms. The summed E-state index contributed by atoms with van der Waals surface area (Å²) in [6.45, 7) is 4.29. The van der Waals surface area contributed by atoms with Crippen LogP contribution in [0.1, 0.15) is 37.4 Å². The number of allylic oxidation sites excluding steroid dienone is 4. The average Bonchev–Trinajstić information content (AvgIpc) is 2.55. The summed E-state index contributed by atoms with van der Waals surface area (Å²) in [4.78, 5) is 15.5. The van der Waals surface area contributed by atoms with Crippen LogP contribution in [0.2, 0.25) is 0 Å². The fraction of sp³-hybridized carbons (Fsp3) is 0.235. The molecule has 0 aromatic carbocycles. The number of dihydropyridines is 1. The third-order valence-electron chi connectivity index (χ3n) is 3.62. The van der Waals surface area contributed by atoms with Crippen LogP contribution in [0.5, 0.6) is 0 Å². The largest absolute Gasteiger partial charge is 0.361 e. The molecule has 1 atom stereocenters. The molecule has 2 rings (SSSR count). The van der Waals surface area contributed by atoms with E-state index in [9.17, 15) is 4.79 Å². The molecule has 1 aromatic rings. The highest BCUT2D eigenvalue weighted by atomic mass is 16.1. The highest BCUT2D eigenvalue weighted by molar-refractivity contribution is 6.02. The van der Waals surface area contributed by atoms with Gasteiger partial charge < -0.3 is 10.7 Å². The molecule has 0 saturated heterocycles. The molecule has 0 amide bonds. The van der Waals surface area contributed by atoms with E-state index < -0.39 is 0 Å². The van der Waals surface area contributed by atoms with Crippen molar-refractivity contribution in [1.82, 2.24) is 10.3 Å². The third-order valence-corrected chi connectivity index (χ3v) is 3.62. The van der Waals surface area contributed by atoms with Gasteiger partial charge in [-0.2, -0.15) is 0 Å². The zero-order valence-electron chi connectivity index (χ0n) is 12.3. The molecular weight excluding hydrogens is 262 g/mol. The molecule has 0 aliphatic carbocycles. The molecular formula is C17H19N3O. The first-order valence-corrected chi connectivity index (χ1v) is 7.01. The molecule has 1 aliphatic rings. The second kappa shape index (κ2) is 6.79. The van der Waals surface area contributed by atoms with Crippen LogP contribution in [0.3, 0.4) is 0 Å². The molecule has 0 radical (unpaired) electrons. The van der Waals surface area contributed by atoms with Gasteiger partial charge in [-0.3, -0.25) is 9.78 Å². The SMILES string of the molecule is CCC(C)c1ncccc1C1=C/C(=C(/C=N)C=O)NC=C1. The summed E-state index contributed by atoms with van der Waals surface area (Å²) < 4.78 is 0. The van der Waals surface area contributed by atoms with Crippen molar-refractivity contribution in [3.63, 3.8) is 0 Å². The van der Waals surface area contributed by atoms with E-state index in [2.05, 4.69) is 24.1 Å². The quantitative estimate of drug-likeness (QED) is 0.495. The lowest BCUT2D eigenvalue weighted by molar-refractivity contribution is -0.104. The number of aldehydes is 1. The number of aromatic nitrogens is 1.